The standard InChI is InChI=1S/C14H19NO3/c1-4-11(2)15-9-12(16)10-18-14-7-5-6-13(8-14)17-3/h1,5-8,11-12,15-16H,9-10H2,2-3H3. The number of benzene rings is 1. The van der Waals surface area contributed by atoms with E-state index in [1.54, 1.807) is 13.2 Å². The molecule has 2 unspecified atom stereocenters. The number of terminal acetylenes is 1. The Bertz CT molecular complexity index is 400. The van der Waals surface area contributed by atoms with E-state index >= 15 is 0 Å². The Morgan fingerprint density at radius 1 is 1.44 bits per heavy atom. The lowest BCUT2D eigenvalue weighted by molar-refractivity contribution is 0.105. The van der Waals surface area contributed by atoms with Crippen molar-refractivity contribution in [1.29, 1.82) is 0 Å². The highest BCUT2D eigenvalue weighted by molar-refractivity contribution is 5.32. The Morgan fingerprint density at radius 2 is 2.17 bits per heavy atom. The van der Waals surface area contributed by atoms with Gasteiger partial charge in [0.2, 0.25) is 0 Å². The van der Waals surface area contributed by atoms with Gasteiger partial charge in [0.1, 0.15) is 24.2 Å². The summed E-state index contributed by atoms with van der Waals surface area (Å²) in [5.74, 6) is 3.92. The van der Waals surface area contributed by atoms with E-state index in [0.717, 1.165) is 5.75 Å². The van der Waals surface area contributed by atoms with Crippen molar-refractivity contribution in [3.8, 4) is 23.8 Å². The van der Waals surface area contributed by atoms with Gasteiger partial charge < -0.3 is 19.9 Å². The van der Waals surface area contributed by atoms with Crippen molar-refractivity contribution < 1.29 is 14.6 Å². The molecular weight excluding hydrogens is 230 g/mol. The molecule has 1 aromatic rings. The fourth-order valence-corrected chi connectivity index (χ4v) is 1.31. The van der Waals surface area contributed by atoms with Gasteiger partial charge in [-0.05, 0) is 19.1 Å². The molecule has 1 aromatic carbocycles. The number of aliphatic hydroxyl groups is 1. The Balaban J connectivity index is 2.33. The van der Waals surface area contributed by atoms with Gasteiger partial charge >= 0.3 is 0 Å². The minimum absolute atomic E-state index is 0.0588. The minimum atomic E-state index is -0.605. The Kier molecular flexibility index (Phi) is 6.06. The van der Waals surface area contributed by atoms with E-state index in [1.807, 2.05) is 25.1 Å². The normalized spacial score (nSPS) is 13.4. The highest BCUT2D eigenvalue weighted by Crippen LogP contribution is 2.18. The van der Waals surface area contributed by atoms with Crippen molar-refractivity contribution in [3.63, 3.8) is 0 Å². The first-order valence-electron chi connectivity index (χ1n) is 5.80. The van der Waals surface area contributed by atoms with Gasteiger partial charge in [-0.3, -0.25) is 0 Å². The summed E-state index contributed by atoms with van der Waals surface area (Å²) in [5, 5.41) is 12.7. The van der Waals surface area contributed by atoms with Crippen LogP contribution in [0, 0.1) is 12.3 Å². The predicted molar refractivity (Wildman–Crippen MR) is 70.8 cm³/mol. The third kappa shape index (κ3) is 5.09. The number of rotatable bonds is 7. The highest BCUT2D eigenvalue weighted by Gasteiger charge is 2.07. The smallest absolute Gasteiger partial charge is 0.123 e. The van der Waals surface area contributed by atoms with E-state index < -0.39 is 6.10 Å². The lowest BCUT2D eigenvalue weighted by Crippen LogP contribution is -2.35. The second-order valence-electron chi connectivity index (χ2n) is 3.94. The quantitative estimate of drug-likeness (QED) is 0.709. The molecule has 98 valence electrons. The zero-order chi connectivity index (χ0) is 13.4. The van der Waals surface area contributed by atoms with Gasteiger partial charge in [0, 0.05) is 12.6 Å². The number of ether oxygens (including phenoxy) is 2. The first-order valence-corrected chi connectivity index (χ1v) is 5.80. The lowest BCUT2D eigenvalue weighted by Gasteiger charge is -2.14. The molecule has 0 aliphatic heterocycles. The van der Waals surface area contributed by atoms with Gasteiger partial charge in [0.25, 0.3) is 0 Å². The molecule has 0 heterocycles. The van der Waals surface area contributed by atoms with E-state index in [2.05, 4.69) is 11.2 Å². The van der Waals surface area contributed by atoms with Gasteiger partial charge in [-0.15, -0.1) is 6.42 Å². The van der Waals surface area contributed by atoms with Crippen LogP contribution in [-0.2, 0) is 0 Å². The second kappa shape index (κ2) is 7.59. The van der Waals surface area contributed by atoms with Crippen molar-refractivity contribution in [2.24, 2.45) is 0 Å². The summed E-state index contributed by atoms with van der Waals surface area (Å²) >= 11 is 0. The molecule has 2 atom stereocenters. The molecule has 0 radical (unpaired) electrons. The van der Waals surface area contributed by atoms with Crippen molar-refractivity contribution in [3.05, 3.63) is 24.3 Å². The summed E-state index contributed by atoms with van der Waals surface area (Å²) in [6.07, 6.45) is 4.61. The van der Waals surface area contributed by atoms with Crippen molar-refractivity contribution in [1.82, 2.24) is 5.32 Å². The van der Waals surface area contributed by atoms with Crippen molar-refractivity contribution >= 4 is 0 Å². The Morgan fingerprint density at radius 3 is 2.83 bits per heavy atom. The van der Waals surface area contributed by atoms with Crippen LogP contribution >= 0.6 is 0 Å². The van der Waals surface area contributed by atoms with Crippen molar-refractivity contribution in [2.75, 3.05) is 20.3 Å². The predicted octanol–water partition coefficient (Wildman–Crippen LogP) is 1.05. The average Bonchev–Trinajstić information content (AvgIpc) is 2.42. The summed E-state index contributed by atoms with van der Waals surface area (Å²) in [5.41, 5.74) is 0. The van der Waals surface area contributed by atoms with Crippen LogP contribution in [0.15, 0.2) is 24.3 Å². The van der Waals surface area contributed by atoms with Crippen LogP contribution < -0.4 is 14.8 Å². The van der Waals surface area contributed by atoms with Crippen LogP contribution in [0.5, 0.6) is 11.5 Å². The van der Waals surface area contributed by atoms with Gasteiger partial charge in [0.05, 0.1) is 13.2 Å². The second-order valence-corrected chi connectivity index (χ2v) is 3.94. The van der Waals surface area contributed by atoms with Crippen LogP contribution in [0.25, 0.3) is 0 Å². The number of nitrogens with one attached hydrogen (secondary N) is 1. The Hall–Kier alpha value is -1.70. The molecule has 4 heteroatoms. The lowest BCUT2D eigenvalue weighted by atomic mass is 10.3. The minimum Gasteiger partial charge on any atom is -0.497 e. The Labute approximate surface area is 108 Å². The first kappa shape index (κ1) is 14.4. The van der Waals surface area contributed by atoms with E-state index in [4.69, 9.17) is 15.9 Å². The number of hydrogen-bond acceptors (Lipinski definition) is 4. The summed E-state index contributed by atoms with van der Waals surface area (Å²) in [6.45, 7) is 2.46. The zero-order valence-electron chi connectivity index (χ0n) is 10.7. The monoisotopic (exact) mass is 249 g/mol. The third-order valence-corrected chi connectivity index (χ3v) is 2.39. The van der Waals surface area contributed by atoms with E-state index in [9.17, 15) is 5.11 Å². The fourth-order valence-electron chi connectivity index (χ4n) is 1.31. The molecule has 0 aliphatic carbocycles. The fraction of sp³-hybridized carbons (Fsp3) is 0.429. The topological polar surface area (TPSA) is 50.7 Å². The number of hydrogen-bond donors (Lipinski definition) is 2. The SMILES string of the molecule is C#CC(C)NCC(O)COc1cccc(OC)c1. The van der Waals surface area contributed by atoms with Crippen LogP contribution in [0.2, 0.25) is 0 Å². The molecule has 1 rings (SSSR count). The van der Waals surface area contributed by atoms with E-state index in [1.165, 1.54) is 0 Å². The molecule has 0 amide bonds. The maximum Gasteiger partial charge on any atom is 0.123 e. The molecule has 4 nitrogen and oxygen atoms in total. The summed E-state index contributed by atoms with van der Waals surface area (Å²) < 4.78 is 10.5. The highest BCUT2D eigenvalue weighted by atomic mass is 16.5. The summed E-state index contributed by atoms with van der Waals surface area (Å²) in [6, 6.07) is 7.19. The number of aliphatic hydroxyl groups excluding tert-OH is 1. The molecule has 0 bridgehead atoms. The summed E-state index contributed by atoms with van der Waals surface area (Å²) in [4.78, 5) is 0. The van der Waals surface area contributed by atoms with E-state index in [-0.39, 0.29) is 12.6 Å². The molecule has 0 saturated heterocycles. The number of methoxy groups -OCH3 is 1. The van der Waals surface area contributed by atoms with Gasteiger partial charge in [-0.2, -0.15) is 0 Å². The van der Waals surface area contributed by atoms with Crippen molar-refractivity contribution in [2.45, 2.75) is 19.1 Å². The van der Waals surface area contributed by atoms with Crippen LogP contribution in [0.1, 0.15) is 6.92 Å². The molecule has 2 N–H and O–H groups in total. The van der Waals surface area contributed by atoms with Gasteiger partial charge in [-0.1, -0.05) is 12.0 Å². The molecule has 0 fully saturated rings. The zero-order valence-corrected chi connectivity index (χ0v) is 10.7. The molecule has 0 saturated carbocycles. The third-order valence-electron chi connectivity index (χ3n) is 2.39. The maximum atomic E-state index is 9.69. The maximum absolute atomic E-state index is 9.69. The molecule has 0 aliphatic rings. The largest absolute Gasteiger partial charge is 0.497 e. The average molecular weight is 249 g/mol. The van der Waals surface area contributed by atoms with E-state index in [0.29, 0.717) is 12.3 Å². The van der Waals surface area contributed by atoms with Gasteiger partial charge in [0.15, 0.2) is 0 Å². The molecular formula is C14H19NO3. The molecule has 0 aromatic heterocycles. The molecule has 0 spiro atoms. The van der Waals surface area contributed by atoms with Crippen LogP contribution in [0.4, 0.5) is 0 Å². The molecule has 18 heavy (non-hydrogen) atoms. The summed E-state index contributed by atoms with van der Waals surface area (Å²) in [7, 11) is 1.60. The van der Waals surface area contributed by atoms with Crippen LogP contribution in [0.3, 0.4) is 0 Å². The van der Waals surface area contributed by atoms with Crippen LogP contribution in [-0.4, -0.2) is 37.5 Å². The van der Waals surface area contributed by atoms with Gasteiger partial charge in [-0.25, -0.2) is 0 Å². The first-order chi connectivity index (χ1) is 8.65.